The van der Waals surface area contributed by atoms with E-state index in [-0.39, 0.29) is 0 Å². The van der Waals surface area contributed by atoms with Crippen LogP contribution in [-0.2, 0) is 0 Å². The zero-order valence-corrected chi connectivity index (χ0v) is 12.6. The molecule has 0 radical (unpaired) electrons. The number of rotatable bonds is 6. The van der Waals surface area contributed by atoms with Gasteiger partial charge in [-0.25, -0.2) is 0 Å². The molecule has 2 aliphatic rings. The van der Waals surface area contributed by atoms with E-state index in [9.17, 15) is 0 Å². The molecule has 4 rings (SSSR count). The Morgan fingerprint density at radius 3 is 1.33 bits per heavy atom. The van der Waals surface area contributed by atoms with E-state index in [1.807, 2.05) is 0 Å². The fourth-order valence-corrected chi connectivity index (χ4v) is 2.88. The third-order valence-corrected chi connectivity index (χ3v) is 4.55. The van der Waals surface area contributed by atoms with Crippen molar-refractivity contribution in [2.45, 2.75) is 47.7 Å². The lowest BCUT2D eigenvalue weighted by atomic mass is 10.3. The topological polar surface area (TPSA) is 18.5 Å². The first-order valence-electron chi connectivity index (χ1n) is 7.56. The predicted octanol–water partition coefficient (Wildman–Crippen LogP) is 4.92. The van der Waals surface area contributed by atoms with Crippen LogP contribution in [0.1, 0.15) is 25.7 Å². The molecule has 0 spiro atoms. The molecule has 3 heteroatoms. The van der Waals surface area contributed by atoms with Gasteiger partial charge in [0.1, 0.15) is 11.5 Å². The van der Waals surface area contributed by atoms with Crippen molar-refractivity contribution >= 4 is 11.8 Å². The first-order valence-corrected chi connectivity index (χ1v) is 8.38. The van der Waals surface area contributed by atoms with Crippen LogP contribution in [0.3, 0.4) is 0 Å². The van der Waals surface area contributed by atoms with Gasteiger partial charge in [0, 0.05) is 9.79 Å². The minimum absolute atomic E-state index is 0.461. The lowest BCUT2D eigenvalue weighted by molar-refractivity contribution is 0.303. The maximum absolute atomic E-state index is 5.76. The summed E-state index contributed by atoms with van der Waals surface area (Å²) in [5.41, 5.74) is 0. The van der Waals surface area contributed by atoms with Gasteiger partial charge in [-0.15, -0.1) is 0 Å². The van der Waals surface area contributed by atoms with Crippen LogP contribution in [0, 0.1) is 0 Å². The van der Waals surface area contributed by atoms with Crippen molar-refractivity contribution in [3.8, 4) is 11.5 Å². The summed E-state index contributed by atoms with van der Waals surface area (Å²) in [6.07, 6.45) is 5.72. The van der Waals surface area contributed by atoms with E-state index in [0.717, 1.165) is 11.5 Å². The average molecular weight is 298 g/mol. The highest BCUT2D eigenvalue weighted by molar-refractivity contribution is 7.99. The first-order chi connectivity index (χ1) is 10.3. The summed E-state index contributed by atoms with van der Waals surface area (Å²) in [5.74, 6) is 1.96. The van der Waals surface area contributed by atoms with Crippen LogP contribution in [0.25, 0.3) is 0 Å². The second-order valence-corrected chi connectivity index (χ2v) is 6.83. The van der Waals surface area contributed by atoms with Crippen LogP contribution in [0.4, 0.5) is 0 Å². The Balaban J connectivity index is 1.37. The standard InChI is InChI=1S/C18H18O2S/c1-2-13(1)19-15-5-9-17(10-6-15)21-18-11-7-16(8-12-18)20-14-3-4-14/h5-14H,1-4H2. The fraction of sp³-hybridized carbons (Fsp3) is 0.333. The van der Waals surface area contributed by atoms with Crippen LogP contribution < -0.4 is 9.47 Å². The molecule has 21 heavy (non-hydrogen) atoms. The molecule has 2 nitrogen and oxygen atoms in total. The van der Waals surface area contributed by atoms with Gasteiger partial charge in [0.05, 0.1) is 12.2 Å². The Hall–Kier alpha value is -1.61. The molecular formula is C18H18O2S. The molecule has 0 bridgehead atoms. The second kappa shape index (κ2) is 5.64. The SMILES string of the molecule is c1cc(Sc2ccc(OC3CC3)cc2)ccc1OC1CC1. The second-order valence-electron chi connectivity index (χ2n) is 5.68. The zero-order valence-electron chi connectivity index (χ0n) is 11.8. The van der Waals surface area contributed by atoms with Crippen molar-refractivity contribution in [3.05, 3.63) is 48.5 Å². The lowest BCUT2D eigenvalue weighted by Crippen LogP contribution is -1.95. The zero-order chi connectivity index (χ0) is 14.1. The van der Waals surface area contributed by atoms with Crippen molar-refractivity contribution in [2.75, 3.05) is 0 Å². The van der Waals surface area contributed by atoms with E-state index >= 15 is 0 Å². The molecule has 0 atom stereocenters. The Morgan fingerprint density at radius 1 is 0.619 bits per heavy atom. The van der Waals surface area contributed by atoms with Crippen molar-refractivity contribution in [1.29, 1.82) is 0 Å². The summed E-state index contributed by atoms with van der Waals surface area (Å²) in [6.45, 7) is 0. The number of hydrogen-bond donors (Lipinski definition) is 0. The molecule has 2 aromatic rings. The Bertz CT molecular complexity index is 543. The summed E-state index contributed by atoms with van der Waals surface area (Å²) in [6, 6.07) is 16.7. The Labute approximate surface area is 129 Å². The van der Waals surface area contributed by atoms with Crippen molar-refractivity contribution < 1.29 is 9.47 Å². The average Bonchev–Trinajstić information content (AvgIpc) is 3.40. The Kier molecular flexibility index (Phi) is 3.52. The van der Waals surface area contributed by atoms with Crippen molar-refractivity contribution in [3.63, 3.8) is 0 Å². The lowest BCUT2D eigenvalue weighted by Gasteiger charge is -2.07. The minimum Gasteiger partial charge on any atom is -0.490 e. The van der Waals surface area contributed by atoms with E-state index in [1.54, 1.807) is 11.8 Å². The van der Waals surface area contributed by atoms with Crippen LogP contribution in [0.15, 0.2) is 58.3 Å². The molecule has 2 saturated carbocycles. The Morgan fingerprint density at radius 2 is 1.00 bits per heavy atom. The third-order valence-electron chi connectivity index (χ3n) is 3.54. The molecule has 108 valence electrons. The van der Waals surface area contributed by atoms with E-state index < -0.39 is 0 Å². The summed E-state index contributed by atoms with van der Waals surface area (Å²) < 4.78 is 11.5. The smallest absolute Gasteiger partial charge is 0.119 e. The van der Waals surface area contributed by atoms with Gasteiger partial charge in [-0.2, -0.15) is 0 Å². The number of ether oxygens (including phenoxy) is 2. The van der Waals surface area contributed by atoms with Crippen LogP contribution in [-0.4, -0.2) is 12.2 Å². The van der Waals surface area contributed by atoms with Gasteiger partial charge in [-0.1, -0.05) is 11.8 Å². The highest BCUT2D eigenvalue weighted by atomic mass is 32.2. The molecular weight excluding hydrogens is 280 g/mol. The fourth-order valence-electron chi connectivity index (χ4n) is 2.07. The van der Waals surface area contributed by atoms with E-state index in [4.69, 9.17) is 9.47 Å². The minimum atomic E-state index is 0.461. The normalized spacial score (nSPS) is 17.5. The van der Waals surface area contributed by atoms with Gasteiger partial charge >= 0.3 is 0 Å². The van der Waals surface area contributed by atoms with Gasteiger partial charge in [0.25, 0.3) is 0 Å². The van der Waals surface area contributed by atoms with Gasteiger partial charge in [0.2, 0.25) is 0 Å². The predicted molar refractivity (Wildman–Crippen MR) is 84.3 cm³/mol. The van der Waals surface area contributed by atoms with Crippen molar-refractivity contribution in [1.82, 2.24) is 0 Å². The molecule has 0 N–H and O–H groups in total. The summed E-state index contributed by atoms with van der Waals surface area (Å²) in [5, 5.41) is 0. The summed E-state index contributed by atoms with van der Waals surface area (Å²) in [4.78, 5) is 2.46. The summed E-state index contributed by atoms with van der Waals surface area (Å²) in [7, 11) is 0. The van der Waals surface area contributed by atoms with Gasteiger partial charge < -0.3 is 9.47 Å². The highest BCUT2D eigenvalue weighted by Crippen LogP contribution is 2.33. The molecule has 2 fully saturated rings. The van der Waals surface area contributed by atoms with Gasteiger partial charge in [-0.3, -0.25) is 0 Å². The van der Waals surface area contributed by atoms with E-state index in [2.05, 4.69) is 48.5 Å². The summed E-state index contributed by atoms with van der Waals surface area (Å²) >= 11 is 1.76. The van der Waals surface area contributed by atoms with E-state index in [0.29, 0.717) is 12.2 Å². The molecule has 0 aliphatic heterocycles. The first kappa shape index (κ1) is 13.1. The maximum Gasteiger partial charge on any atom is 0.119 e. The van der Waals surface area contributed by atoms with Crippen LogP contribution in [0.5, 0.6) is 11.5 Å². The third kappa shape index (κ3) is 3.73. The van der Waals surface area contributed by atoms with Crippen LogP contribution in [0.2, 0.25) is 0 Å². The molecule has 2 aromatic carbocycles. The quantitative estimate of drug-likeness (QED) is 0.754. The molecule has 0 amide bonds. The van der Waals surface area contributed by atoms with Crippen LogP contribution >= 0.6 is 11.8 Å². The maximum atomic E-state index is 5.76. The molecule has 0 saturated heterocycles. The van der Waals surface area contributed by atoms with Gasteiger partial charge in [0.15, 0.2) is 0 Å². The molecule has 0 aromatic heterocycles. The number of benzene rings is 2. The van der Waals surface area contributed by atoms with E-state index in [1.165, 1.54) is 35.5 Å². The van der Waals surface area contributed by atoms with Gasteiger partial charge in [-0.05, 0) is 74.2 Å². The largest absolute Gasteiger partial charge is 0.490 e. The molecule has 0 unspecified atom stereocenters. The number of hydrogen-bond acceptors (Lipinski definition) is 3. The highest BCUT2D eigenvalue weighted by Gasteiger charge is 2.23. The van der Waals surface area contributed by atoms with Crippen molar-refractivity contribution in [2.24, 2.45) is 0 Å². The molecule has 0 heterocycles. The molecule has 2 aliphatic carbocycles. The monoisotopic (exact) mass is 298 g/mol.